The van der Waals surface area contributed by atoms with Gasteiger partial charge in [0.05, 0.1) is 0 Å². The van der Waals surface area contributed by atoms with Crippen LogP contribution in [0.1, 0.15) is 56.6 Å². The standard InChI is InChI=1S/C23H31N3O2/c27-22-10-9-19(24-22)12-23(28)25-13-16-11-18(15-25)21-8-4-7-20(26(21)14-16)17-5-2-1-3-6-17/h1-3,5-6,16,18-21H,4,7-15H2,(H,24,27)/t16-,18+,19+,20+,21-/m0/s1. The third kappa shape index (κ3) is 3.45. The van der Waals surface area contributed by atoms with Gasteiger partial charge in [-0.05, 0) is 49.5 Å². The number of likely N-dealkylation sites (tertiary alicyclic amines) is 1. The molecule has 2 bridgehead atoms. The Morgan fingerprint density at radius 2 is 1.93 bits per heavy atom. The molecule has 150 valence electrons. The summed E-state index contributed by atoms with van der Waals surface area (Å²) in [5.41, 5.74) is 1.46. The number of rotatable bonds is 3. The summed E-state index contributed by atoms with van der Waals surface area (Å²) in [6, 6.07) is 12.2. The molecule has 5 rings (SSSR count). The number of fused-ring (bicyclic) bond motifs is 4. The lowest BCUT2D eigenvalue weighted by Crippen LogP contribution is -2.60. The summed E-state index contributed by atoms with van der Waals surface area (Å²) in [7, 11) is 0. The summed E-state index contributed by atoms with van der Waals surface area (Å²) in [6.07, 6.45) is 6.93. The first-order chi connectivity index (χ1) is 13.7. The van der Waals surface area contributed by atoms with Gasteiger partial charge in [-0.25, -0.2) is 0 Å². The van der Waals surface area contributed by atoms with Crippen LogP contribution in [0.5, 0.6) is 0 Å². The monoisotopic (exact) mass is 381 g/mol. The van der Waals surface area contributed by atoms with Crippen molar-refractivity contribution in [2.75, 3.05) is 19.6 Å². The summed E-state index contributed by atoms with van der Waals surface area (Å²) in [6.45, 7) is 2.91. The number of hydrogen-bond acceptors (Lipinski definition) is 3. The van der Waals surface area contributed by atoms with Gasteiger partial charge >= 0.3 is 0 Å². The van der Waals surface area contributed by atoms with Crippen LogP contribution in [0.2, 0.25) is 0 Å². The van der Waals surface area contributed by atoms with Crippen molar-refractivity contribution in [3.05, 3.63) is 35.9 Å². The Hall–Kier alpha value is -1.88. The number of nitrogens with one attached hydrogen (secondary N) is 1. The van der Waals surface area contributed by atoms with Gasteiger partial charge in [0.2, 0.25) is 11.8 Å². The molecule has 0 unspecified atom stereocenters. The van der Waals surface area contributed by atoms with Crippen molar-refractivity contribution in [1.82, 2.24) is 15.1 Å². The molecule has 5 nitrogen and oxygen atoms in total. The van der Waals surface area contributed by atoms with E-state index in [2.05, 4.69) is 45.4 Å². The predicted molar refractivity (Wildman–Crippen MR) is 107 cm³/mol. The average molecular weight is 382 g/mol. The molecule has 0 spiro atoms. The molecule has 1 aromatic rings. The number of carbonyl (C=O) groups excluding carboxylic acids is 2. The van der Waals surface area contributed by atoms with Crippen LogP contribution in [-0.2, 0) is 9.59 Å². The van der Waals surface area contributed by atoms with E-state index in [4.69, 9.17) is 0 Å². The number of nitrogens with zero attached hydrogens (tertiary/aromatic N) is 2. The fourth-order valence-electron chi connectivity index (χ4n) is 6.22. The molecule has 5 heteroatoms. The number of benzene rings is 1. The molecule has 0 aromatic heterocycles. The van der Waals surface area contributed by atoms with Crippen LogP contribution in [0.15, 0.2) is 30.3 Å². The van der Waals surface area contributed by atoms with E-state index in [1.165, 1.54) is 31.2 Å². The number of hydrogen-bond donors (Lipinski definition) is 1. The van der Waals surface area contributed by atoms with E-state index in [1.54, 1.807) is 0 Å². The summed E-state index contributed by atoms with van der Waals surface area (Å²) >= 11 is 0. The van der Waals surface area contributed by atoms with Gasteiger partial charge in [0.15, 0.2) is 0 Å². The Morgan fingerprint density at radius 1 is 1.07 bits per heavy atom. The van der Waals surface area contributed by atoms with Crippen molar-refractivity contribution in [3.8, 4) is 0 Å². The molecule has 2 amide bonds. The maximum atomic E-state index is 12.9. The second kappa shape index (κ2) is 7.51. The van der Waals surface area contributed by atoms with Gasteiger partial charge < -0.3 is 10.2 Å². The lowest BCUT2D eigenvalue weighted by atomic mass is 9.74. The summed E-state index contributed by atoms with van der Waals surface area (Å²) in [5, 5.41) is 2.95. The lowest BCUT2D eigenvalue weighted by molar-refractivity contribution is -0.139. The van der Waals surface area contributed by atoms with Gasteiger partial charge in [-0.2, -0.15) is 0 Å². The van der Waals surface area contributed by atoms with Crippen molar-refractivity contribution in [2.45, 2.75) is 63.1 Å². The van der Waals surface area contributed by atoms with Gasteiger partial charge in [-0.15, -0.1) is 0 Å². The van der Waals surface area contributed by atoms with Gasteiger partial charge in [0.1, 0.15) is 0 Å². The number of amides is 2. The van der Waals surface area contributed by atoms with E-state index in [-0.39, 0.29) is 17.9 Å². The molecule has 0 saturated carbocycles. The maximum Gasteiger partial charge on any atom is 0.224 e. The van der Waals surface area contributed by atoms with Crippen molar-refractivity contribution < 1.29 is 9.59 Å². The minimum absolute atomic E-state index is 0.0513. The Morgan fingerprint density at radius 3 is 2.71 bits per heavy atom. The molecule has 4 heterocycles. The molecule has 0 radical (unpaired) electrons. The summed E-state index contributed by atoms with van der Waals surface area (Å²) in [5.74, 6) is 1.52. The Kier molecular flexibility index (Phi) is 4.87. The predicted octanol–water partition coefficient (Wildman–Crippen LogP) is 2.73. The van der Waals surface area contributed by atoms with E-state index in [0.29, 0.717) is 36.8 Å². The van der Waals surface area contributed by atoms with Gasteiger partial charge in [-0.1, -0.05) is 30.3 Å². The van der Waals surface area contributed by atoms with Crippen LogP contribution in [0.25, 0.3) is 0 Å². The smallest absolute Gasteiger partial charge is 0.224 e. The topological polar surface area (TPSA) is 52.7 Å². The average Bonchev–Trinajstić information content (AvgIpc) is 3.12. The minimum Gasteiger partial charge on any atom is -0.353 e. The molecule has 4 aliphatic rings. The van der Waals surface area contributed by atoms with E-state index < -0.39 is 0 Å². The molecule has 4 saturated heterocycles. The van der Waals surface area contributed by atoms with Crippen LogP contribution in [0.3, 0.4) is 0 Å². The first kappa shape index (κ1) is 18.2. The van der Waals surface area contributed by atoms with Crippen LogP contribution in [0, 0.1) is 11.8 Å². The van der Waals surface area contributed by atoms with Crippen molar-refractivity contribution >= 4 is 11.8 Å². The quantitative estimate of drug-likeness (QED) is 0.876. The summed E-state index contributed by atoms with van der Waals surface area (Å²) in [4.78, 5) is 29.2. The highest BCUT2D eigenvalue weighted by Gasteiger charge is 2.45. The minimum atomic E-state index is 0.0513. The zero-order valence-corrected chi connectivity index (χ0v) is 16.6. The van der Waals surface area contributed by atoms with Crippen molar-refractivity contribution in [2.24, 2.45) is 11.8 Å². The Bertz CT molecular complexity index is 737. The Balaban J connectivity index is 1.27. The SMILES string of the molecule is O=C1CC[C@H](CC(=O)N2C[C@@H]3C[C@H](C2)[C@@H]2CCC[C@H](c4ccccc4)N2C3)N1. The van der Waals surface area contributed by atoms with Gasteiger partial charge in [0, 0.05) is 50.6 Å². The number of piperidine rings is 3. The highest BCUT2D eigenvalue weighted by atomic mass is 16.2. The van der Waals surface area contributed by atoms with Crippen LogP contribution in [0.4, 0.5) is 0 Å². The molecule has 1 N–H and O–H groups in total. The van der Waals surface area contributed by atoms with Crippen LogP contribution >= 0.6 is 0 Å². The second-order valence-corrected chi connectivity index (χ2v) is 9.29. The molecule has 4 aliphatic heterocycles. The van der Waals surface area contributed by atoms with E-state index >= 15 is 0 Å². The van der Waals surface area contributed by atoms with Crippen LogP contribution < -0.4 is 5.32 Å². The molecule has 28 heavy (non-hydrogen) atoms. The van der Waals surface area contributed by atoms with Crippen molar-refractivity contribution in [3.63, 3.8) is 0 Å². The van der Waals surface area contributed by atoms with E-state index in [9.17, 15) is 9.59 Å². The maximum absolute atomic E-state index is 12.9. The molecular weight excluding hydrogens is 350 g/mol. The first-order valence-electron chi connectivity index (χ1n) is 11.0. The van der Waals surface area contributed by atoms with Gasteiger partial charge in [0.25, 0.3) is 0 Å². The molecule has 0 aliphatic carbocycles. The third-order valence-electron chi connectivity index (χ3n) is 7.43. The normalized spacial score (nSPS) is 35.4. The number of carbonyl (C=O) groups is 2. The van der Waals surface area contributed by atoms with Crippen LogP contribution in [-0.4, -0.2) is 53.3 Å². The second-order valence-electron chi connectivity index (χ2n) is 9.29. The zero-order chi connectivity index (χ0) is 19.1. The molecule has 4 fully saturated rings. The van der Waals surface area contributed by atoms with E-state index in [1.807, 2.05) is 0 Å². The van der Waals surface area contributed by atoms with Gasteiger partial charge in [-0.3, -0.25) is 14.5 Å². The molecule has 1 aromatic carbocycles. The fraction of sp³-hybridized carbons (Fsp3) is 0.652. The molecular formula is C23H31N3O2. The fourth-order valence-corrected chi connectivity index (χ4v) is 6.22. The third-order valence-corrected chi connectivity index (χ3v) is 7.43. The van der Waals surface area contributed by atoms with E-state index in [0.717, 1.165) is 26.1 Å². The van der Waals surface area contributed by atoms with Crippen molar-refractivity contribution in [1.29, 1.82) is 0 Å². The lowest BCUT2D eigenvalue weighted by Gasteiger charge is -2.55. The summed E-state index contributed by atoms with van der Waals surface area (Å²) < 4.78 is 0. The molecule has 5 atom stereocenters. The highest BCUT2D eigenvalue weighted by molar-refractivity contribution is 5.82. The highest BCUT2D eigenvalue weighted by Crippen LogP contribution is 2.44. The zero-order valence-electron chi connectivity index (χ0n) is 16.6. The first-order valence-corrected chi connectivity index (χ1v) is 11.0. The largest absolute Gasteiger partial charge is 0.353 e. The Labute approximate surface area is 167 Å².